The van der Waals surface area contributed by atoms with E-state index in [1.165, 1.54) is 11.1 Å². The predicted molar refractivity (Wildman–Crippen MR) is 63.4 cm³/mol. The van der Waals surface area contributed by atoms with Gasteiger partial charge in [0.15, 0.2) is 0 Å². The summed E-state index contributed by atoms with van der Waals surface area (Å²) >= 11 is 6.30. The third-order valence-corrected chi connectivity index (χ3v) is 3.82. The molecule has 2 unspecified atom stereocenters. The lowest BCUT2D eigenvalue weighted by Crippen LogP contribution is -2.32. The molecule has 1 fully saturated rings. The first-order chi connectivity index (χ1) is 7.75. The van der Waals surface area contributed by atoms with E-state index in [4.69, 9.17) is 11.6 Å². The van der Waals surface area contributed by atoms with Crippen molar-refractivity contribution in [3.05, 3.63) is 35.4 Å². The van der Waals surface area contributed by atoms with Crippen molar-refractivity contribution in [1.82, 2.24) is 5.32 Å². The van der Waals surface area contributed by atoms with Crippen molar-refractivity contribution >= 4 is 17.5 Å². The Morgan fingerprint density at radius 2 is 2.06 bits per heavy atom. The van der Waals surface area contributed by atoms with Gasteiger partial charge < -0.3 is 5.32 Å². The second-order valence-electron chi connectivity index (χ2n) is 4.68. The number of carbonyl (C=O) groups is 1. The van der Waals surface area contributed by atoms with Gasteiger partial charge in [0.05, 0.1) is 11.4 Å². The molecule has 2 atom stereocenters. The van der Waals surface area contributed by atoms with Crippen LogP contribution in [0.2, 0.25) is 0 Å². The number of benzene rings is 1. The number of carbonyl (C=O) groups excluding carboxylic acids is 1. The fourth-order valence-corrected chi connectivity index (χ4v) is 2.70. The van der Waals surface area contributed by atoms with E-state index in [0.29, 0.717) is 0 Å². The minimum atomic E-state index is 0.0000926. The van der Waals surface area contributed by atoms with Crippen LogP contribution in [-0.2, 0) is 11.2 Å². The molecule has 2 aliphatic carbocycles. The molecule has 1 amide bonds. The van der Waals surface area contributed by atoms with Gasteiger partial charge in [0.2, 0.25) is 5.91 Å². The monoisotopic (exact) mass is 235 g/mol. The lowest BCUT2D eigenvalue weighted by Gasteiger charge is -2.17. The lowest BCUT2D eigenvalue weighted by molar-refractivity contribution is -0.123. The molecule has 16 heavy (non-hydrogen) atoms. The second kappa shape index (κ2) is 3.77. The van der Waals surface area contributed by atoms with Crippen LogP contribution in [-0.4, -0.2) is 11.3 Å². The van der Waals surface area contributed by atoms with E-state index in [9.17, 15) is 4.79 Å². The molecule has 0 bridgehead atoms. The quantitative estimate of drug-likeness (QED) is 0.784. The number of fused-ring (bicyclic) bond motifs is 1. The molecule has 3 heteroatoms. The van der Waals surface area contributed by atoms with Gasteiger partial charge in [-0.05, 0) is 30.4 Å². The molecule has 2 aliphatic rings. The normalized spacial score (nSPS) is 27.6. The van der Waals surface area contributed by atoms with Gasteiger partial charge in [-0.25, -0.2) is 0 Å². The smallest absolute Gasteiger partial charge is 0.223 e. The molecule has 0 aromatic heterocycles. The lowest BCUT2D eigenvalue weighted by atomic mass is 10.1. The zero-order valence-electron chi connectivity index (χ0n) is 8.95. The average molecular weight is 236 g/mol. The van der Waals surface area contributed by atoms with Crippen molar-refractivity contribution in [2.45, 2.75) is 30.7 Å². The van der Waals surface area contributed by atoms with Crippen LogP contribution in [0.25, 0.3) is 0 Å². The highest BCUT2D eigenvalue weighted by molar-refractivity contribution is 6.21. The summed E-state index contributed by atoms with van der Waals surface area (Å²) in [6, 6.07) is 8.19. The maximum atomic E-state index is 11.7. The Balaban J connectivity index is 1.81. The summed E-state index contributed by atoms with van der Waals surface area (Å²) in [6.07, 6.45) is 2.92. The standard InChI is InChI=1S/C13H14ClNO/c14-11-7-9-3-1-2-4-10(9)12(11)15-13(16)8-5-6-8/h1-4,8,11-12H,5-7H2,(H,15,16). The van der Waals surface area contributed by atoms with Gasteiger partial charge in [-0.1, -0.05) is 24.3 Å². The van der Waals surface area contributed by atoms with Gasteiger partial charge in [0, 0.05) is 5.92 Å². The first kappa shape index (κ1) is 10.2. The van der Waals surface area contributed by atoms with Crippen molar-refractivity contribution in [3.8, 4) is 0 Å². The third-order valence-electron chi connectivity index (χ3n) is 3.41. The number of hydrogen-bond donors (Lipinski definition) is 1. The molecule has 1 N–H and O–H groups in total. The van der Waals surface area contributed by atoms with Gasteiger partial charge in [-0.3, -0.25) is 4.79 Å². The van der Waals surface area contributed by atoms with E-state index >= 15 is 0 Å². The van der Waals surface area contributed by atoms with E-state index in [-0.39, 0.29) is 23.2 Å². The predicted octanol–water partition coefficient (Wildman–Crippen LogP) is 2.42. The fraction of sp³-hybridized carbons (Fsp3) is 0.462. The first-order valence-corrected chi connectivity index (χ1v) is 6.21. The third kappa shape index (κ3) is 1.71. The summed E-state index contributed by atoms with van der Waals surface area (Å²) in [5.41, 5.74) is 2.46. The molecule has 0 aliphatic heterocycles. The number of alkyl halides is 1. The number of nitrogens with one attached hydrogen (secondary N) is 1. The second-order valence-corrected chi connectivity index (χ2v) is 5.24. The summed E-state index contributed by atoms with van der Waals surface area (Å²) in [7, 11) is 0. The van der Waals surface area contributed by atoms with Gasteiger partial charge >= 0.3 is 0 Å². The van der Waals surface area contributed by atoms with Crippen LogP contribution in [0, 0.1) is 5.92 Å². The summed E-state index contributed by atoms with van der Waals surface area (Å²) in [6.45, 7) is 0. The molecule has 1 aromatic rings. The molecule has 2 nitrogen and oxygen atoms in total. The van der Waals surface area contributed by atoms with Gasteiger partial charge in [-0.2, -0.15) is 0 Å². The zero-order valence-corrected chi connectivity index (χ0v) is 9.70. The van der Waals surface area contributed by atoms with Crippen LogP contribution in [0.4, 0.5) is 0 Å². The summed E-state index contributed by atoms with van der Waals surface area (Å²) in [5, 5.41) is 3.08. The molecule has 0 spiro atoms. The maximum absolute atomic E-state index is 11.7. The Morgan fingerprint density at radius 1 is 1.31 bits per heavy atom. The van der Waals surface area contributed by atoms with Gasteiger partial charge in [0.25, 0.3) is 0 Å². The molecule has 1 aromatic carbocycles. The van der Waals surface area contributed by atoms with Crippen molar-refractivity contribution in [2.24, 2.45) is 5.92 Å². The number of amides is 1. The maximum Gasteiger partial charge on any atom is 0.223 e. The topological polar surface area (TPSA) is 29.1 Å². The Bertz CT molecular complexity index is 428. The van der Waals surface area contributed by atoms with Crippen LogP contribution in [0.5, 0.6) is 0 Å². The minimum Gasteiger partial charge on any atom is -0.348 e. The van der Waals surface area contributed by atoms with Crippen molar-refractivity contribution < 1.29 is 4.79 Å². The first-order valence-electron chi connectivity index (χ1n) is 5.78. The number of rotatable bonds is 2. The van der Waals surface area contributed by atoms with E-state index in [0.717, 1.165) is 19.3 Å². The fourth-order valence-electron chi connectivity index (χ4n) is 2.33. The summed E-state index contributed by atoms with van der Waals surface area (Å²) in [4.78, 5) is 11.7. The Hall–Kier alpha value is -1.02. The van der Waals surface area contributed by atoms with E-state index in [1.807, 2.05) is 12.1 Å². The molecule has 1 saturated carbocycles. The zero-order chi connectivity index (χ0) is 11.1. The average Bonchev–Trinajstić information content (AvgIpc) is 3.06. The van der Waals surface area contributed by atoms with Crippen LogP contribution >= 0.6 is 11.6 Å². The molecule has 0 radical (unpaired) electrons. The van der Waals surface area contributed by atoms with Crippen LogP contribution in [0.1, 0.15) is 30.0 Å². The van der Waals surface area contributed by atoms with Gasteiger partial charge in [-0.15, -0.1) is 11.6 Å². The van der Waals surface area contributed by atoms with Crippen LogP contribution < -0.4 is 5.32 Å². The highest BCUT2D eigenvalue weighted by Crippen LogP contribution is 2.36. The highest BCUT2D eigenvalue weighted by Gasteiger charge is 2.36. The molecule has 0 saturated heterocycles. The Morgan fingerprint density at radius 3 is 2.81 bits per heavy atom. The molecule has 0 heterocycles. The summed E-state index contributed by atoms with van der Waals surface area (Å²) < 4.78 is 0. The van der Waals surface area contributed by atoms with Gasteiger partial charge in [0.1, 0.15) is 0 Å². The molecule has 3 rings (SSSR count). The van der Waals surface area contributed by atoms with E-state index in [2.05, 4.69) is 17.4 Å². The van der Waals surface area contributed by atoms with E-state index < -0.39 is 0 Å². The Kier molecular flexibility index (Phi) is 2.40. The number of hydrogen-bond acceptors (Lipinski definition) is 1. The van der Waals surface area contributed by atoms with Crippen molar-refractivity contribution in [3.63, 3.8) is 0 Å². The number of halogens is 1. The minimum absolute atomic E-state index is 0.0000926. The molecule has 84 valence electrons. The van der Waals surface area contributed by atoms with Crippen molar-refractivity contribution in [2.75, 3.05) is 0 Å². The molecular formula is C13H14ClNO. The molecular weight excluding hydrogens is 222 g/mol. The SMILES string of the molecule is O=C(NC1c2ccccc2CC1Cl)C1CC1. The van der Waals surface area contributed by atoms with Crippen LogP contribution in [0.3, 0.4) is 0 Å². The van der Waals surface area contributed by atoms with Crippen molar-refractivity contribution in [1.29, 1.82) is 0 Å². The summed E-state index contributed by atoms with van der Waals surface area (Å²) in [5.74, 6) is 0.420. The van der Waals surface area contributed by atoms with E-state index in [1.54, 1.807) is 0 Å². The Labute approximate surface area is 100.0 Å². The van der Waals surface area contributed by atoms with Crippen LogP contribution in [0.15, 0.2) is 24.3 Å². The highest BCUT2D eigenvalue weighted by atomic mass is 35.5. The largest absolute Gasteiger partial charge is 0.348 e.